The fourth-order valence-corrected chi connectivity index (χ4v) is 6.12. The van der Waals surface area contributed by atoms with Gasteiger partial charge in [-0.2, -0.15) is 0 Å². The van der Waals surface area contributed by atoms with Crippen molar-refractivity contribution in [2.75, 3.05) is 44.7 Å². The van der Waals surface area contributed by atoms with Crippen molar-refractivity contribution in [1.29, 1.82) is 0 Å². The molecular weight excluding hydrogens is 400 g/mol. The molecule has 3 heterocycles. The number of benzene rings is 1. The number of thioether (sulfide) groups is 1. The quantitative estimate of drug-likeness (QED) is 0.506. The van der Waals surface area contributed by atoms with Gasteiger partial charge in [0.2, 0.25) is 5.37 Å². The van der Waals surface area contributed by atoms with Gasteiger partial charge in [-0.15, -0.1) is 0 Å². The van der Waals surface area contributed by atoms with Crippen molar-refractivity contribution < 1.29 is 24.1 Å². The molecule has 4 rings (SSSR count). The molecule has 1 aromatic rings. The van der Waals surface area contributed by atoms with Crippen LogP contribution in [0.25, 0.3) is 0 Å². The number of amides is 2. The number of carbonyl (C=O) groups excluding carboxylic acids is 2. The first kappa shape index (κ1) is 21.6. The third-order valence-corrected chi connectivity index (χ3v) is 8.12. The van der Waals surface area contributed by atoms with Crippen LogP contribution in [0.1, 0.15) is 43.5 Å². The average molecular weight is 435 g/mol. The highest BCUT2D eigenvalue weighted by Crippen LogP contribution is 2.34. The van der Waals surface area contributed by atoms with Gasteiger partial charge in [0.25, 0.3) is 11.8 Å². The zero-order valence-electron chi connectivity index (χ0n) is 18.0. The van der Waals surface area contributed by atoms with E-state index < -0.39 is 0 Å². The van der Waals surface area contributed by atoms with E-state index in [0.717, 1.165) is 30.2 Å². The summed E-state index contributed by atoms with van der Waals surface area (Å²) in [6.45, 7) is 9.32. The van der Waals surface area contributed by atoms with Crippen LogP contribution in [0.5, 0.6) is 0 Å². The SMILES string of the molecule is CC1CCCC(C)[NH+]1CCNC(=O)c1ccc2c(c1)NC(=O)C([NH+]1CCOCC1)S2. The molecule has 3 aliphatic rings. The lowest BCUT2D eigenvalue weighted by Crippen LogP contribution is -3.19. The Morgan fingerprint density at radius 3 is 2.70 bits per heavy atom. The van der Waals surface area contributed by atoms with Crippen LogP contribution < -0.4 is 20.4 Å². The topological polar surface area (TPSA) is 76.3 Å². The van der Waals surface area contributed by atoms with Crippen LogP contribution in [0.15, 0.2) is 23.1 Å². The maximum atomic E-state index is 12.7. The lowest BCUT2D eigenvalue weighted by molar-refractivity contribution is -0.950. The third-order valence-electron chi connectivity index (χ3n) is 6.73. The maximum absolute atomic E-state index is 12.7. The van der Waals surface area contributed by atoms with Gasteiger partial charge in [0.05, 0.1) is 44.1 Å². The molecule has 7 nitrogen and oxygen atoms in total. The second-order valence-electron chi connectivity index (χ2n) is 8.78. The first-order valence-corrected chi connectivity index (χ1v) is 12.1. The van der Waals surface area contributed by atoms with Crippen molar-refractivity contribution >= 4 is 29.3 Å². The molecule has 0 radical (unpaired) electrons. The zero-order chi connectivity index (χ0) is 21.1. The van der Waals surface area contributed by atoms with E-state index in [-0.39, 0.29) is 17.2 Å². The Labute approximate surface area is 182 Å². The maximum Gasteiger partial charge on any atom is 0.294 e. The second kappa shape index (κ2) is 9.68. The lowest BCUT2D eigenvalue weighted by Gasteiger charge is -2.35. The van der Waals surface area contributed by atoms with Crippen LogP contribution in [0, 0.1) is 0 Å². The number of ether oxygens (including phenoxy) is 1. The van der Waals surface area contributed by atoms with Crippen molar-refractivity contribution in [3.05, 3.63) is 23.8 Å². The normalized spacial score (nSPS) is 29.7. The molecule has 3 atom stereocenters. The van der Waals surface area contributed by atoms with E-state index in [9.17, 15) is 9.59 Å². The van der Waals surface area contributed by atoms with Crippen LogP contribution >= 0.6 is 11.8 Å². The number of nitrogens with one attached hydrogen (secondary N) is 4. The Balaban J connectivity index is 1.34. The van der Waals surface area contributed by atoms with Crippen LogP contribution in [0.2, 0.25) is 0 Å². The van der Waals surface area contributed by atoms with E-state index in [1.54, 1.807) is 22.7 Å². The average Bonchev–Trinajstić information content (AvgIpc) is 2.75. The summed E-state index contributed by atoms with van der Waals surface area (Å²) in [6, 6.07) is 6.94. The van der Waals surface area contributed by atoms with Gasteiger partial charge in [0.15, 0.2) is 0 Å². The number of hydrogen-bond donors (Lipinski definition) is 4. The summed E-state index contributed by atoms with van der Waals surface area (Å²) in [7, 11) is 0. The smallest absolute Gasteiger partial charge is 0.294 e. The van der Waals surface area contributed by atoms with Crippen LogP contribution in [-0.2, 0) is 9.53 Å². The number of hydrogen-bond acceptors (Lipinski definition) is 4. The minimum Gasteiger partial charge on any atom is -0.370 e. The Bertz CT molecular complexity index is 774. The Kier molecular flexibility index (Phi) is 6.98. The third kappa shape index (κ3) is 4.82. The van der Waals surface area contributed by atoms with E-state index in [2.05, 4.69) is 24.5 Å². The number of likely N-dealkylation sites (tertiary alicyclic amines) is 1. The Hall–Kier alpha value is -1.61. The van der Waals surface area contributed by atoms with E-state index in [1.807, 2.05) is 12.1 Å². The monoisotopic (exact) mass is 434 g/mol. The number of fused-ring (bicyclic) bond motifs is 1. The molecule has 3 unspecified atom stereocenters. The predicted molar refractivity (Wildman–Crippen MR) is 117 cm³/mol. The van der Waals surface area contributed by atoms with Crippen molar-refractivity contribution in [2.45, 2.75) is 55.5 Å². The number of anilines is 1. The van der Waals surface area contributed by atoms with Gasteiger partial charge in [-0.1, -0.05) is 11.8 Å². The minimum atomic E-state index is -0.155. The molecule has 0 aliphatic carbocycles. The largest absolute Gasteiger partial charge is 0.370 e. The van der Waals surface area contributed by atoms with Crippen molar-refractivity contribution in [3.8, 4) is 0 Å². The zero-order valence-corrected chi connectivity index (χ0v) is 18.8. The summed E-state index contributed by atoms with van der Waals surface area (Å²) in [5, 5.41) is 5.93. The number of quaternary nitrogens is 2. The van der Waals surface area contributed by atoms with Crippen molar-refractivity contribution in [1.82, 2.24) is 5.32 Å². The number of piperidine rings is 1. The van der Waals surface area contributed by atoms with E-state index in [1.165, 1.54) is 24.2 Å². The molecule has 2 saturated heterocycles. The standard InChI is InChI=1S/C22H32N4O3S/c1-15-4-3-5-16(2)26(15)9-8-23-20(27)17-6-7-19-18(14-17)24-21(28)22(30-19)25-10-12-29-13-11-25/h6-7,14-16,22H,3-5,8-13H2,1-2H3,(H,23,27)(H,24,28)/p+2. The van der Waals surface area contributed by atoms with E-state index in [4.69, 9.17) is 4.74 Å². The molecule has 0 bridgehead atoms. The van der Waals surface area contributed by atoms with Gasteiger partial charge < -0.3 is 25.2 Å². The van der Waals surface area contributed by atoms with Crippen molar-refractivity contribution in [2.24, 2.45) is 0 Å². The van der Waals surface area contributed by atoms with Crippen LogP contribution in [-0.4, -0.2) is 68.7 Å². The molecule has 2 fully saturated rings. The molecule has 3 aliphatic heterocycles. The Morgan fingerprint density at radius 1 is 1.23 bits per heavy atom. The summed E-state index contributed by atoms with van der Waals surface area (Å²) >= 11 is 1.59. The number of rotatable bonds is 5. The van der Waals surface area contributed by atoms with E-state index >= 15 is 0 Å². The molecule has 0 spiro atoms. The van der Waals surface area contributed by atoms with Gasteiger partial charge in [0, 0.05) is 10.5 Å². The minimum absolute atomic E-state index is 0.0126. The fraction of sp³-hybridized carbons (Fsp3) is 0.636. The lowest BCUT2D eigenvalue weighted by atomic mass is 9.98. The van der Waals surface area contributed by atoms with Crippen LogP contribution in [0.4, 0.5) is 5.69 Å². The van der Waals surface area contributed by atoms with E-state index in [0.29, 0.717) is 37.4 Å². The van der Waals surface area contributed by atoms with Gasteiger partial charge in [0.1, 0.15) is 13.1 Å². The summed E-state index contributed by atoms with van der Waals surface area (Å²) < 4.78 is 5.41. The number of carbonyl (C=O) groups is 2. The Morgan fingerprint density at radius 2 is 1.97 bits per heavy atom. The summed E-state index contributed by atoms with van der Waals surface area (Å²) in [6.07, 6.45) is 3.84. The highest BCUT2D eigenvalue weighted by Gasteiger charge is 2.36. The molecular formula is C22H34N4O3S+2. The molecule has 1 aromatic carbocycles. The highest BCUT2D eigenvalue weighted by atomic mass is 32.2. The molecule has 30 heavy (non-hydrogen) atoms. The second-order valence-corrected chi connectivity index (χ2v) is 9.93. The summed E-state index contributed by atoms with van der Waals surface area (Å²) in [5.41, 5.74) is 1.34. The molecule has 8 heteroatoms. The summed E-state index contributed by atoms with van der Waals surface area (Å²) in [5.74, 6) is -0.0617. The molecule has 2 amide bonds. The summed E-state index contributed by atoms with van der Waals surface area (Å²) in [4.78, 5) is 29.2. The van der Waals surface area contributed by atoms with Crippen molar-refractivity contribution in [3.63, 3.8) is 0 Å². The fourth-order valence-electron chi connectivity index (χ4n) is 4.92. The molecule has 4 N–H and O–H groups in total. The predicted octanol–water partition coefficient (Wildman–Crippen LogP) is -0.452. The number of morpholine rings is 1. The first-order valence-electron chi connectivity index (χ1n) is 11.2. The highest BCUT2D eigenvalue weighted by molar-refractivity contribution is 8.00. The van der Waals surface area contributed by atoms with Gasteiger partial charge >= 0.3 is 0 Å². The van der Waals surface area contributed by atoms with Gasteiger partial charge in [-0.25, -0.2) is 0 Å². The van der Waals surface area contributed by atoms with Crippen LogP contribution in [0.3, 0.4) is 0 Å². The van der Waals surface area contributed by atoms with Gasteiger partial charge in [-0.3, -0.25) is 9.59 Å². The molecule has 164 valence electrons. The first-order chi connectivity index (χ1) is 14.5. The molecule has 0 saturated carbocycles. The van der Waals surface area contributed by atoms with Gasteiger partial charge in [-0.05, 0) is 51.3 Å². The molecule has 0 aromatic heterocycles.